The monoisotopic (exact) mass is 505 g/mol. The molecule has 0 unspecified atom stereocenters. The predicted molar refractivity (Wildman–Crippen MR) is 136 cm³/mol. The zero-order valence-electron chi connectivity index (χ0n) is 19.7. The summed E-state index contributed by atoms with van der Waals surface area (Å²) in [5.74, 6) is 0.367. The van der Waals surface area contributed by atoms with Crippen molar-refractivity contribution in [1.82, 2.24) is 14.9 Å². The first-order valence-electron chi connectivity index (χ1n) is 11.1. The lowest BCUT2D eigenvalue weighted by molar-refractivity contribution is -0.124. The third kappa shape index (κ3) is 4.44. The van der Waals surface area contributed by atoms with E-state index in [1.54, 1.807) is 37.5 Å². The number of amides is 3. The Morgan fingerprint density at radius 1 is 1.31 bits per heavy atom. The van der Waals surface area contributed by atoms with Crippen LogP contribution in [0.15, 0.2) is 54.1 Å². The minimum absolute atomic E-state index is 0.0810. The van der Waals surface area contributed by atoms with E-state index in [0.29, 0.717) is 39.6 Å². The van der Waals surface area contributed by atoms with Crippen molar-refractivity contribution in [1.29, 1.82) is 0 Å². The number of thioether (sulfide) groups is 1. The van der Waals surface area contributed by atoms with Gasteiger partial charge in [-0.05, 0) is 30.3 Å². The van der Waals surface area contributed by atoms with Crippen molar-refractivity contribution >= 4 is 57.7 Å². The highest BCUT2D eigenvalue weighted by atomic mass is 32.2. The van der Waals surface area contributed by atoms with Crippen LogP contribution in [0.2, 0.25) is 0 Å². The lowest BCUT2D eigenvalue weighted by Crippen LogP contribution is -2.36. The van der Waals surface area contributed by atoms with Crippen molar-refractivity contribution in [2.45, 2.75) is 11.0 Å². The molecule has 0 aliphatic carbocycles. The van der Waals surface area contributed by atoms with Gasteiger partial charge in [-0.3, -0.25) is 19.5 Å². The van der Waals surface area contributed by atoms with E-state index in [4.69, 9.17) is 9.47 Å². The molecule has 3 aromatic rings. The van der Waals surface area contributed by atoms with Gasteiger partial charge in [-0.1, -0.05) is 6.58 Å². The van der Waals surface area contributed by atoms with Crippen molar-refractivity contribution in [3.63, 3.8) is 0 Å². The first kappa shape index (κ1) is 23.6. The molecular formula is C25H23N5O5S. The Bertz CT molecular complexity index is 1410. The maximum absolute atomic E-state index is 13.2. The number of rotatable bonds is 6. The van der Waals surface area contributed by atoms with Gasteiger partial charge >= 0.3 is 6.09 Å². The number of hydrogen-bond donors (Lipinski definition) is 1. The molecule has 5 rings (SSSR count). The van der Waals surface area contributed by atoms with Crippen LogP contribution in [-0.4, -0.2) is 71.9 Å². The maximum atomic E-state index is 13.2. The summed E-state index contributed by atoms with van der Waals surface area (Å²) in [6.45, 7) is 4.44. The van der Waals surface area contributed by atoms with Gasteiger partial charge in [-0.25, -0.2) is 9.78 Å². The number of fused-ring (bicyclic) bond motifs is 2. The van der Waals surface area contributed by atoms with Crippen LogP contribution in [0.4, 0.5) is 16.2 Å². The van der Waals surface area contributed by atoms with E-state index in [9.17, 15) is 14.4 Å². The fraction of sp³-hybridized carbons (Fsp3) is 0.240. The van der Waals surface area contributed by atoms with Crippen LogP contribution in [-0.2, 0) is 14.3 Å². The molecule has 3 amide bonds. The first-order chi connectivity index (χ1) is 17.3. The number of hydrogen-bond acceptors (Lipinski definition) is 8. The third-order valence-corrected chi connectivity index (χ3v) is 7.03. The Morgan fingerprint density at radius 2 is 2.14 bits per heavy atom. The zero-order valence-corrected chi connectivity index (χ0v) is 20.5. The molecule has 1 saturated heterocycles. The molecule has 0 bridgehead atoms. The number of anilines is 2. The second-order valence-corrected chi connectivity index (χ2v) is 9.39. The number of carbonyl (C=O) groups excluding carboxylic acids is 3. The fourth-order valence-electron chi connectivity index (χ4n) is 4.16. The van der Waals surface area contributed by atoms with Crippen LogP contribution in [0, 0.1) is 0 Å². The second kappa shape index (κ2) is 9.50. The van der Waals surface area contributed by atoms with Crippen LogP contribution < -0.4 is 15.0 Å². The number of cyclic esters (lactones) is 1. The first-order valence-corrected chi connectivity index (χ1v) is 12.1. The molecule has 1 N–H and O–H groups in total. The molecule has 4 heterocycles. The van der Waals surface area contributed by atoms with Crippen LogP contribution in [0.5, 0.6) is 5.88 Å². The standard InChI is InChI=1S/C25H23N5O5S/c1-14(17-8-9-26-18-5-7-22(34-3)28-23(17)18)24(32)29(2)11-16-12-30(25(33)35-16)15-4-6-20-19(10-15)27-21(31)13-36-20/h4-10,16H,1,11-13H2,2-3H3,(H,27,31)/t16-/m0/s1. The van der Waals surface area contributed by atoms with Crippen molar-refractivity contribution in [3.05, 3.63) is 54.7 Å². The number of aromatic nitrogens is 2. The molecule has 0 spiro atoms. The Labute approximate surface area is 211 Å². The summed E-state index contributed by atoms with van der Waals surface area (Å²) in [5.41, 5.74) is 3.21. The molecule has 0 radical (unpaired) electrons. The molecule has 11 heteroatoms. The van der Waals surface area contributed by atoms with Crippen molar-refractivity contribution in [2.24, 2.45) is 0 Å². The van der Waals surface area contributed by atoms with Gasteiger partial charge in [0.1, 0.15) is 11.6 Å². The topological polar surface area (TPSA) is 114 Å². The van der Waals surface area contributed by atoms with Gasteiger partial charge in [0.15, 0.2) is 0 Å². The number of likely N-dealkylation sites (N-methyl/N-ethyl adjacent to an activating group) is 1. The molecule has 1 atom stereocenters. The van der Waals surface area contributed by atoms with E-state index in [0.717, 1.165) is 4.90 Å². The van der Waals surface area contributed by atoms with E-state index >= 15 is 0 Å². The lowest BCUT2D eigenvalue weighted by atomic mass is 10.1. The summed E-state index contributed by atoms with van der Waals surface area (Å²) < 4.78 is 10.7. The Balaban J connectivity index is 1.28. The number of nitrogens with zero attached hydrogens (tertiary/aromatic N) is 4. The van der Waals surface area contributed by atoms with E-state index in [1.807, 2.05) is 12.1 Å². The molecule has 0 saturated carbocycles. The fourth-order valence-corrected chi connectivity index (χ4v) is 4.95. The highest BCUT2D eigenvalue weighted by Crippen LogP contribution is 2.35. The van der Waals surface area contributed by atoms with Crippen LogP contribution in [0.25, 0.3) is 16.6 Å². The van der Waals surface area contributed by atoms with Gasteiger partial charge in [0.25, 0.3) is 5.91 Å². The average molecular weight is 506 g/mol. The molecule has 1 aromatic carbocycles. The molecule has 10 nitrogen and oxygen atoms in total. The molecule has 2 aromatic heterocycles. The van der Waals surface area contributed by atoms with E-state index in [2.05, 4.69) is 21.9 Å². The van der Waals surface area contributed by atoms with E-state index in [1.165, 1.54) is 28.7 Å². The third-order valence-electron chi connectivity index (χ3n) is 5.96. The van der Waals surface area contributed by atoms with Gasteiger partial charge in [-0.2, -0.15) is 0 Å². The number of methoxy groups -OCH3 is 1. The summed E-state index contributed by atoms with van der Waals surface area (Å²) in [6.07, 6.45) is 0.554. The lowest BCUT2D eigenvalue weighted by Gasteiger charge is -2.22. The maximum Gasteiger partial charge on any atom is 0.414 e. The molecule has 1 fully saturated rings. The Kier molecular flexibility index (Phi) is 6.23. The molecule has 184 valence electrons. The second-order valence-electron chi connectivity index (χ2n) is 8.38. The minimum Gasteiger partial charge on any atom is -0.481 e. The Hall–Kier alpha value is -4.12. The van der Waals surface area contributed by atoms with E-state index < -0.39 is 12.2 Å². The normalized spacial score (nSPS) is 16.8. The minimum atomic E-state index is -0.536. The van der Waals surface area contributed by atoms with Gasteiger partial charge in [0, 0.05) is 41.0 Å². The summed E-state index contributed by atoms with van der Waals surface area (Å²) in [5, 5.41) is 2.83. The highest BCUT2D eigenvalue weighted by Gasteiger charge is 2.34. The highest BCUT2D eigenvalue weighted by molar-refractivity contribution is 8.00. The summed E-state index contributed by atoms with van der Waals surface area (Å²) >= 11 is 1.45. The number of nitrogens with one attached hydrogen (secondary N) is 1. The van der Waals surface area contributed by atoms with Gasteiger partial charge in [0.2, 0.25) is 11.8 Å². The largest absolute Gasteiger partial charge is 0.481 e. The van der Waals surface area contributed by atoms with Crippen LogP contribution >= 0.6 is 11.8 Å². The van der Waals surface area contributed by atoms with Gasteiger partial charge in [-0.15, -0.1) is 11.8 Å². The number of benzene rings is 1. The van der Waals surface area contributed by atoms with Crippen molar-refractivity contribution < 1.29 is 23.9 Å². The number of pyridine rings is 2. The Morgan fingerprint density at radius 3 is 2.94 bits per heavy atom. The number of ether oxygens (including phenoxy) is 2. The summed E-state index contributed by atoms with van der Waals surface area (Å²) in [6, 6.07) is 10.6. The summed E-state index contributed by atoms with van der Waals surface area (Å²) in [4.78, 5) is 50.2. The van der Waals surface area contributed by atoms with Crippen LogP contribution in [0.3, 0.4) is 0 Å². The molecule has 2 aliphatic rings. The van der Waals surface area contributed by atoms with Crippen molar-refractivity contribution in [3.8, 4) is 5.88 Å². The molecule has 36 heavy (non-hydrogen) atoms. The zero-order chi connectivity index (χ0) is 25.4. The molecular weight excluding hydrogens is 482 g/mol. The smallest absolute Gasteiger partial charge is 0.414 e. The van der Waals surface area contributed by atoms with Gasteiger partial charge < -0.3 is 19.7 Å². The number of carbonyl (C=O) groups is 3. The van der Waals surface area contributed by atoms with Gasteiger partial charge in [0.05, 0.1) is 37.2 Å². The van der Waals surface area contributed by atoms with E-state index in [-0.39, 0.29) is 30.5 Å². The predicted octanol–water partition coefficient (Wildman–Crippen LogP) is 3.18. The molecule has 2 aliphatic heterocycles. The van der Waals surface area contributed by atoms with Crippen molar-refractivity contribution in [2.75, 3.05) is 43.2 Å². The SMILES string of the molecule is C=C(C(=O)N(C)C[C@H]1CN(c2ccc3c(c2)NC(=O)CS3)C(=O)O1)c1ccnc2ccc(OC)nc12. The van der Waals surface area contributed by atoms with Crippen LogP contribution in [0.1, 0.15) is 5.56 Å². The summed E-state index contributed by atoms with van der Waals surface area (Å²) in [7, 11) is 3.15. The average Bonchev–Trinajstić information content (AvgIpc) is 3.26. The quantitative estimate of drug-likeness (QED) is 0.508.